The van der Waals surface area contributed by atoms with Crippen LogP contribution in [0.5, 0.6) is 0 Å². The number of carbonyl (C=O) groups is 2. The predicted molar refractivity (Wildman–Crippen MR) is 57.8 cm³/mol. The summed E-state index contributed by atoms with van der Waals surface area (Å²) < 4.78 is 0. The molecule has 15 heavy (non-hydrogen) atoms. The van der Waals surface area contributed by atoms with Gasteiger partial charge in [-0.2, -0.15) is 0 Å². The second-order valence-electron chi connectivity index (χ2n) is 3.70. The number of nitrogens with zero attached hydrogens (tertiary/aromatic N) is 2. The van der Waals surface area contributed by atoms with E-state index in [1.807, 2.05) is 11.9 Å². The molecule has 88 valence electrons. The normalized spacial score (nSPS) is 10.2. The van der Waals surface area contributed by atoms with Crippen molar-refractivity contribution in [2.45, 2.75) is 12.8 Å². The first-order valence-corrected chi connectivity index (χ1v) is 4.85. The topological polar surface area (TPSA) is 78.7 Å². The summed E-state index contributed by atoms with van der Waals surface area (Å²) in [5.74, 6) is 4.81. The van der Waals surface area contributed by atoms with E-state index in [2.05, 4.69) is 5.43 Å². The highest BCUT2D eigenvalue weighted by atomic mass is 16.2. The molecule has 6 heteroatoms. The minimum absolute atomic E-state index is 0.0563. The zero-order chi connectivity index (χ0) is 11.8. The molecule has 0 heterocycles. The van der Waals surface area contributed by atoms with Crippen molar-refractivity contribution in [2.75, 3.05) is 34.2 Å². The summed E-state index contributed by atoms with van der Waals surface area (Å²) in [7, 11) is 5.29. The fourth-order valence-corrected chi connectivity index (χ4v) is 1.03. The lowest BCUT2D eigenvalue weighted by Crippen LogP contribution is -2.35. The minimum atomic E-state index is -0.178. The molecule has 0 unspecified atom stereocenters. The van der Waals surface area contributed by atoms with E-state index < -0.39 is 0 Å². The Labute approximate surface area is 90.4 Å². The van der Waals surface area contributed by atoms with Crippen LogP contribution in [0.25, 0.3) is 0 Å². The standard InChI is InChI=1S/C9H20N4O2/c1-12(2)9(15)7-13(3)6-4-5-8(14)11-10/h4-7,10H2,1-3H3,(H,11,14). The van der Waals surface area contributed by atoms with Crippen LogP contribution >= 0.6 is 0 Å². The van der Waals surface area contributed by atoms with E-state index in [1.54, 1.807) is 19.0 Å². The molecule has 0 aromatic heterocycles. The van der Waals surface area contributed by atoms with Crippen LogP contribution in [-0.4, -0.2) is 55.8 Å². The Kier molecular flexibility index (Phi) is 6.64. The van der Waals surface area contributed by atoms with Crippen LogP contribution in [0.15, 0.2) is 0 Å². The molecule has 0 rings (SSSR count). The van der Waals surface area contributed by atoms with Crippen LogP contribution in [0.4, 0.5) is 0 Å². The van der Waals surface area contributed by atoms with E-state index >= 15 is 0 Å². The molecule has 0 radical (unpaired) electrons. The Balaban J connectivity index is 3.62. The number of nitrogens with one attached hydrogen (secondary N) is 1. The molecule has 0 spiro atoms. The van der Waals surface area contributed by atoms with Crippen LogP contribution in [0.2, 0.25) is 0 Å². The molecule has 6 nitrogen and oxygen atoms in total. The van der Waals surface area contributed by atoms with Crippen LogP contribution in [0.1, 0.15) is 12.8 Å². The van der Waals surface area contributed by atoms with Crippen molar-refractivity contribution in [3.63, 3.8) is 0 Å². The summed E-state index contributed by atoms with van der Waals surface area (Å²) in [6.07, 6.45) is 1.08. The van der Waals surface area contributed by atoms with Crippen molar-refractivity contribution in [3.8, 4) is 0 Å². The third-order valence-electron chi connectivity index (χ3n) is 2.01. The number of likely N-dealkylation sites (N-methyl/N-ethyl adjacent to an activating group) is 2. The van der Waals surface area contributed by atoms with Crippen molar-refractivity contribution in [1.82, 2.24) is 15.2 Å². The van der Waals surface area contributed by atoms with E-state index in [9.17, 15) is 9.59 Å². The molecule has 0 aliphatic rings. The average molecular weight is 216 g/mol. The first-order chi connectivity index (χ1) is 6.97. The highest BCUT2D eigenvalue weighted by Gasteiger charge is 2.08. The summed E-state index contributed by atoms with van der Waals surface area (Å²) in [6, 6.07) is 0. The maximum atomic E-state index is 11.3. The number of nitrogens with two attached hydrogens (primary N) is 1. The van der Waals surface area contributed by atoms with Crippen LogP contribution in [0.3, 0.4) is 0 Å². The zero-order valence-electron chi connectivity index (χ0n) is 9.62. The lowest BCUT2D eigenvalue weighted by atomic mass is 10.3. The van der Waals surface area contributed by atoms with Crippen molar-refractivity contribution in [2.24, 2.45) is 5.84 Å². The van der Waals surface area contributed by atoms with E-state index in [-0.39, 0.29) is 11.8 Å². The van der Waals surface area contributed by atoms with Gasteiger partial charge in [0, 0.05) is 20.5 Å². The van der Waals surface area contributed by atoms with Crippen LogP contribution < -0.4 is 11.3 Å². The van der Waals surface area contributed by atoms with Crippen LogP contribution in [0, 0.1) is 0 Å². The summed E-state index contributed by atoms with van der Waals surface area (Å²) >= 11 is 0. The maximum Gasteiger partial charge on any atom is 0.236 e. The van der Waals surface area contributed by atoms with Gasteiger partial charge in [-0.15, -0.1) is 0 Å². The van der Waals surface area contributed by atoms with Gasteiger partial charge in [-0.25, -0.2) is 5.84 Å². The van der Waals surface area contributed by atoms with Gasteiger partial charge in [-0.05, 0) is 20.0 Å². The summed E-state index contributed by atoms with van der Waals surface area (Å²) in [5.41, 5.74) is 2.07. The Morgan fingerprint density at radius 3 is 2.33 bits per heavy atom. The largest absolute Gasteiger partial charge is 0.348 e. The number of amides is 2. The van der Waals surface area contributed by atoms with Gasteiger partial charge in [0.05, 0.1) is 6.54 Å². The van der Waals surface area contributed by atoms with Crippen molar-refractivity contribution >= 4 is 11.8 Å². The molecule has 2 amide bonds. The third-order valence-corrected chi connectivity index (χ3v) is 2.01. The fraction of sp³-hybridized carbons (Fsp3) is 0.778. The van der Waals surface area contributed by atoms with Gasteiger partial charge < -0.3 is 4.90 Å². The molecule has 0 atom stereocenters. The van der Waals surface area contributed by atoms with E-state index in [1.165, 1.54) is 0 Å². The van der Waals surface area contributed by atoms with Crippen molar-refractivity contribution in [1.29, 1.82) is 0 Å². The molecular weight excluding hydrogens is 196 g/mol. The van der Waals surface area contributed by atoms with Crippen molar-refractivity contribution < 1.29 is 9.59 Å². The van der Waals surface area contributed by atoms with Gasteiger partial charge in [0.15, 0.2) is 0 Å². The van der Waals surface area contributed by atoms with Gasteiger partial charge in [-0.3, -0.25) is 19.9 Å². The van der Waals surface area contributed by atoms with Crippen molar-refractivity contribution in [3.05, 3.63) is 0 Å². The van der Waals surface area contributed by atoms with Gasteiger partial charge >= 0.3 is 0 Å². The van der Waals surface area contributed by atoms with E-state index in [0.29, 0.717) is 25.9 Å². The first kappa shape index (κ1) is 13.9. The molecule has 0 aliphatic carbocycles. The Morgan fingerprint density at radius 1 is 1.27 bits per heavy atom. The van der Waals surface area contributed by atoms with Crippen LogP contribution in [-0.2, 0) is 9.59 Å². The molecule has 3 N–H and O–H groups in total. The second-order valence-corrected chi connectivity index (χ2v) is 3.70. The quantitative estimate of drug-likeness (QED) is 0.331. The zero-order valence-corrected chi connectivity index (χ0v) is 9.62. The molecule has 0 bridgehead atoms. The average Bonchev–Trinajstić information content (AvgIpc) is 2.17. The Bertz CT molecular complexity index is 218. The van der Waals surface area contributed by atoms with E-state index in [4.69, 9.17) is 5.84 Å². The molecular formula is C9H20N4O2. The molecule has 0 aliphatic heterocycles. The SMILES string of the molecule is CN(CCCC(=O)NN)CC(=O)N(C)C. The summed E-state index contributed by atoms with van der Waals surface area (Å²) in [6.45, 7) is 1.07. The lowest BCUT2D eigenvalue weighted by Gasteiger charge is -2.18. The molecule has 0 aromatic carbocycles. The Morgan fingerprint density at radius 2 is 1.87 bits per heavy atom. The molecule has 0 saturated heterocycles. The summed E-state index contributed by atoms with van der Waals surface area (Å²) in [5, 5.41) is 0. The first-order valence-electron chi connectivity index (χ1n) is 4.85. The summed E-state index contributed by atoms with van der Waals surface area (Å²) in [4.78, 5) is 25.5. The highest BCUT2D eigenvalue weighted by molar-refractivity contribution is 5.77. The smallest absolute Gasteiger partial charge is 0.236 e. The minimum Gasteiger partial charge on any atom is -0.348 e. The lowest BCUT2D eigenvalue weighted by molar-refractivity contribution is -0.129. The monoisotopic (exact) mass is 216 g/mol. The second kappa shape index (κ2) is 7.19. The number of rotatable bonds is 6. The number of hydrazine groups is 1. The third kappa shape index (κ3) is 6.87. The highest BCUT2D eigenvalue weighted by Crippen LogP contribution is 1.93. The predicted octanol–water partition coefficient (Wildman–Crippen LogP) is -1.22. The van der Waals surface area contributed by atoms with E-state index in [0.717, 1.165) is 0 Å². The number of carbonyl (C=O) groups excluding carboxylic acids is 2. The van der Waals surface area contributed by atoms with Gasteiger partial charge in [0.1, 0.15) is 0 Å². The van der Waals surface area contributed by atoms with Gasteiger partial charge in [-0.1, -0.05) is 0 Å². The Hall–Kier alpha value is -1.14. The molecule has 0 aromatic rings. The van der Waals surface area contributed by atoms with Gasteiger partial charge in [0.2, 0.25) is 11.8 Å². The number of hydrogen-bond donors (Lipinski definition) is 2. The number of hydrogen-bond acceptors (Lipinski definition) is 4. The molecule has 0 fully saturated rings. The fourth-order valence-electron chi connectivity index (χ4n) is 1.03. The van der Waals surface area contributed by atoms with Gasteiger partial charge in [0.25, 0.3) is 0 Å². The molecule has 0 saturated carbocycles. The maximum absolute atomic E-state index is 11.3.